The van der Waals surface area contributed by atoms with Gasteiger partial charge < -0.3 is 11.1 Å². The lowest BCUT2D eigenvalue weighted by Crippen LogP contribution is -2.44. The Morgan fingerprint density at radius 2 is 2.00 bits per heavy atom. The van der Waals surface area contributed by atoms with Gasteiger partial charge in [0.25, 0.3) is 5.91 Å². The maximum atomic E-state index is 11.9. The molecule has 5 heteroatoms. The maximum absolute atomic E-state index is 11.9. The van der Waals surface area contributed by atoms with Gasteiger partial charge in [0.15, 0.2) is 0 Å². The zero-order valence-electron chi connectivity index (χ0n) is 10.4. The van der Waals surface area contributed by atoms with Crippen molar-refractivity contribution < 1.29 is 9.59 Å². The topological polar surface area (TPSA) is 72.2 Å². The second-order valence-corrected chi connectivity index (χ2v) is 4.47. The largest absolute Gasteiger partial charge is 0.368 e. The van der Waals surface area contributed by atoms with Crippen LogP contribution in [0.5, 0.6) is 0 Å². The monoisotopic (exact) mass is 278 g/mol. The average Bonchev–Trinajstić information content (AvgIpc) is 2.38. The summed E-state index contributed by atoms with van der Waals surface area (Å²) in [6.45, 7) is 0. The van der Waals surface area contributed by atoms with Crippen molar-refractivity contribution in [3.8, 4) is 12.3 Å². The molecule has 100 valence electrons. The van der Waals surface area contributed by atoms with E-state index in [0.717, 1.165) is 0 Å². The van der Waals surface area contributed by atoms with Gasteiger partial charge in [0, 0.05) is 17.0 Å². The van der Waals surface area contributed by atoms with Gasteiger partial charge in [0.1, 0.15) is 6.04 Å². The Balaban J connectivity index is 2.63. The van der Waals surface area contributed by atoms with E-state index in [4.69, 9.17) is 23.8 Å². The van der Waals surface area contributed by atoms with E-state index in [1.54, 1.807) is 24.3 Å². The number of nitrogens with two attached hydrogens (primary N) is 1. The maximum Gasteiger partial charge on any atom is 0.251 e. The highest BCUT2D eigenvalue weighted by atomic mass is 35.5. The van der Waals surface area contributed by atoms with E-state index in [1.165, 1.54) is 0 Å². The lowest BCUT2D eigenvalue weighted by atomic mass is 10.1. The molecule has 0 unspecified atom stereocenters. The van der Waals surface area contributed by atoms with Gasteiger partial charge in [-0.05, 0) is 37.1 Å². The predicted octanol–water partition coefficient (Wildman–Crippen LogP) is 1.73. The Hall–Kier alpha value is -1.99. The van der Waals surface area contributed by atoms with Crippen molar-refractivity contribution >= 4 is 23.4 Å². The third kappa shape index (κ3) is 5.02. The molecule has 2 amide bonds. The number of hydrogen-bond acceptors (Lipinski definition) is 2. The SMILES string of the molecule is C#CCCC[C@@H](NC(=O)c1ccc(Cl)cc1)C(N)=O. The quantitative estimate of drug-likeness (QED) is 0.614. The lowest BCUT2D eigenvalue weighted by molar-refractivity contribution is -0.120. The average molecular weight is 279 g/mol. The summed E-state index contributed by atoms with van der Waals surface area (Å²) in [5, 5.41) is 3.12. The molecule has 0 spiro atoms. The van der Waals surface area contributed by atoms with Crippen molar-refractivity contribution in [2.45, 2.75) is 25.3 Å². The molecule has 0 aliphatic carbocycles. The first-order chi connectivity index (χ1) is 9.04. The summed E-state index contributed by atoms with van der Waals surface area (Å²) in [4.78, 5) is 23.2. The minimum atomic E-state index is -0.712. The second kappa shape index (κ2) is 7.45. The number of halogens is 1. The molecule has 0 aliphatic rings. The van der Waals surface area contributed by atoms with Gasteiger partial charge in [-0.2, -0.15) is 0 Å². The number of nitrogens with one attached hydrogen (secondary N) is 1. The number of benzene rings is 1. The molecule has 4 nitrogen and oxygen atoms in total. The van der Waals surface area contributed by atoms with Crippen LogP contribution in [0, 0.1) is 12.3 Å². The number of primary amides is 1. The highest BCUT2D eigenvalue weighted by Crippen LogP contribution is 2.10. The van der Waals surface area contributed by atoms with Gasteiger partial charge >= 0.3 is 0 Å². The van der Waals surface area contributed by atoms with Crippen LogP contribution < -0.4 is 11.1 Å². The van der Waals surface area contributed by atoms with Gasteiger partial charge in [0.05, 0.1) is 0 Å². The van der Waals surface area contributed by atoms with E-state index >= 15 is 0 Å². The minimum Gasteiger partial charge on any atom is -0.368 e. The third-order valence-corrected chi connectivity index (χ3v) is 2.82. The molecule has 0 fully saturated rings. The summed E-state index contributed by atoms with van der Waals surface area (Å²) in [6.07, 6.45) is 6.73. The Morgan fingerprint density at radius 3 is 2.53 bits per heavy atom. The van der Waals surface area contributed by atoms with Gasteiger partial charge in [-0.1, -0.05) is 11.6 Å². The fraction of sp³-hybridized carbons (Fsp3) is 0.286. The molecular weight excluding hydrogens is 264 g/mol. The zero-order valence-corrected chi connectivity index (χ0v) is 11.1. The van der Waals surface area contributed by atoms with E-state index in [9.17, 15) is 9.59 Å². The van der Waals surface area contributed by atoms with Crippen molar-refractivity contribution in [2.24, 2.45) is 5.73 Å². The number of amides is 2. The number of carbonyl (C=O) groups excluding carboxylic acids is 2. The van der Waals surface area contributed by atoms with Crippen LogP contribution in [0.4, 0.5) is 0 Å². The molecule has 0 saturated carbocycles. The van der Waals surface area contributed by atoms with Gasteiger partial charge in [0.2, 0.25) is 5.91 Å². The molecule has 0 saturated heterocycles. The number of terminal acetylenes is 1. The van der Waals surface area contributed by atoms with E-state index in [1.807, 2.05) is 0 Å². The van der Waals surface area contributed by atoms with Gasteiger partial charge in [-0.15, -0.1) is 12.3 Å². The molecule has 0 heterocycles. The summed E-state index contributed by atoms with van der Waals surface area (Å²) in [7, 11) is 0. The number of hydrogen-bond donors (Lipinski definition) is 2. The van der Waals surface area contributed by atoms with Gasteiger partial charge in [-0.25, -0.2) is 0 Å². The molecule has 19 heavy (non-hydrogen) atoms. The Labute approximate surface area is 117 Å². The van der Waals surface area contributed by atoms with Crippen molar-refractivity contribution in [3.63, 3.8) is 0 Å². The van der Waals surface area contributed by atoms with Gasteiger partial charge in [-0.3, -0.25) is 9.59 Å². The highest BCUT2D eigenvalue weighted by Gasteiger charge is 2.18. The van der Waals surface area contributed by atoms with Crippen LogP contribution in [-0.2, 0) is 4.79 Å². The van der Waals surface area contributed by atoms with E-state index in [0.29, 0.717) is 29.8 Å². The predicted molar refractivity (Wildman–Crippen MR) is 74.6 cm³/mol. The molecule has 1 aromatic carbocycles. The van der Waals surface area contributed by atoms with Crippen molar-refractivity contribution in [1.82, 2.24) is 5.32 Å². The van der Waals surface area contributed by atoms with E-state index < -0.39 is 11.9 Å². The number of unbranched alkanes of at least 4 members (excludes halogenated alkanes) is 1. The van der Waals surface area contributed by atoms with Crippen molar-refractivity contribution in [1.29, 1.82) is 0 Å². The van der Waals surface area contributed by atoms with E-state index in [2.05, 4.69) is 11.2 Å². The van der Waals surface area contributed by atoms with Crippen LogP contribution in [0.15, 0.2) is 24.3 Å². The summed E-state index contributed by atoms with van der Waals surface area (Å²) in [5.41, 5.74) is 5.67. The molecule has 0 radical (unpaired) electrons. The first-order valence-corrected chi connectivity index (χ1v) is 6.21. The molecule has 0 aliphatic heterocycles. The molecule has 0 aromatic heterocycles. The first-order valence-electron chi connectivity index (χ1n) is 5.84. The van der Waals surface area contributed by atoms with Crippen LogP contribution in [0.25, 0.3) is 0 Å². The molecule has 1 atom stereocenters. The molecular formula is C14H15ClN2O2. The Morgan fingerprint density at radius 1 is 1.37 bits per heavy atom. The van der Waals surface area contributed by atoms with E-state index in [-0.39, 0.29) is 5.91 Å². The van der Waals surface area contributed by atoms with Crippen LogP contribution >= 0.6 is 11.6 Å². The summed E-state index contributed by atoms with van der Waals surface area (Å²) in [6, 6.07) is 5.66. The smallest absolute Gasteiger partial charge is 0.251 e. The standard InChI is InChI=1S/C14H15ClN2O2/c1-2-3-4-5-12(13(16)18)17-14(19)10-6-8-11(15)9-7-10/h1,6-9,12H,3-5H2,(H2,16,18)(H,17,19)/t12-/m1/s1. The number of rotatable bonds is 6. The van der Waals surface area contributed by atoms with Crippen molar-refractivity contribution in [2.75, 3.05) is 0 Å². The normalized spacial score (nSPS) is 11.4. The molecule has 1 rings (SSSR count). The third-order valence-electron chi connectivity index (χ3n) is 2.57. The first kappa shape index (κ1) is 15.1. The van der Waals surface area contributed by atoms with Crippen LogP contribution in [0.3, 0.4) is 0 Å². The fourth-order valence-electron chi connectivity index (χ4n) is 1.54. The van der Waals surface area contributed by atoms with Crippen LogP contribution in [0.1, 0.15) is 29.6 Å². The fourth-order valence-corrected chi connectivity index (χ4v) is 1.66. The summed E-state index contributed by atoms with van der Waals surface area (Å²) in [5.74, 6) is 1.54. The second-order valence-electron chi connectivity index (χ2n) is 4.03. The molecule has 1 aromatic rings. The lowest BCUT2D eigenvalue weighted by Gasteiger charge is -2.14. The molecule has 3 N–H and O–H groups in total. The van der Waals surface area contributed by atoms with Crippen molar-refractivity contribution in [3.05, 3.63) is 34.9 Å². The summed E-state index contributed by atoms with van der Waals surface area (Å²) < 4.78 is 0. The van der Waals surface area contributed by atoms with Crippen LogP contribution in [0.2, 0.25) is 5.02 Å². The Kier molecular flexibility index (Phi) is 5.91. The Bertz CT molecular complexity index is 491. The summed E-state index contributed by atoms with van der Waals surface area (Å²) >= 11 is 5.73. The molecule has 0 bridgehead atoms. The highest BCUT2D eigenvalue weighted by molar-refractivity contribution is 6.30. The zero-order chi connectivity index (χ0) is 14.3. The van der Waals surface area contributed by atoms with Crippen LogP contribution in [-0.4, -0.2) is 17.9 Å². The number of carbonyl (C=O) groups is 2. The minimum absolute atomic E-state index is 0.360.